The van der Waals surface area contributed by atoms with Gasteiger partial charge in [-0.25, -0.2) is 4.79 Å². The summed E-state index contributed by atoms with van der Waals surface area (Å²) < 4.78 is 16.8. The molecule has 8 nitrogen and oxygen atoms in total. The van der Waals surface area contributed by atoms with E-state index < -0.39 is 5.97 Å². The maximum Gasteiger partial charge on any atom is 0.374 e. The van der Waals surface area contributed by atoms with Gasteiger partial charge in [-0.3, -0.25) is 0 Å². The van der Waals surface area contributed by atoms with Crippen molar-refractivity contribution in [2.45, 2.75) is 10.9 Å². The number of hydrogen-bond donors (Lipinski definition) is 0. The number of benzene rings is 1. The molecule has 0 saturated carbocycles. The van der Waals surface area contributed by atoms with Crippen molar-refractivity contribution in [2.75, 3.05) is 14.2 Å². The first-order valence-corrected chi connectivity index (χ1v) is 7.92. The predicted octanol–water partition coefficient (Wildman–Crippen LogP) is 2.34. The third-order valence-corrected chi connectivity index (χ3v) is 4.20. The Labute approximate surface area is 141 Å². The third kappa shape index (κ3) is 3.11. The zero-order valence-electron chi connectivity index (χ0n) is 13.0. The highest BCUT2D eigenvalue weighted by Gasteiger charge is 2.18. The van der Waals surface area contributed by atoms with Gasteiger partial charge in [-0.15, -0.1) is 5.10 Å². The minimum Gasteiger partial charge on any atom is -0.494 e. The van der Waals surface area contributed by atoms with Gasteiger partial charge in [0.1, 0.15) is 11.4 Å². The summed E-state index contributed by atoms with van der Waals surface area (Å²) in [6.45, 7) is 0. The number of nitrogens with zero attached hydrogens (tertiary/aromatic N) is 4. The summed E-state index contributed by atoms with van der Waals surface area (Å²) >= 11 is 1.37. The average Bonchev–Trinajstić information content (AvgIpc) is 3.28. The van der Waals surface area contributed by atoms with Crippen molar-refractivity contribution in [1.29, 1.82) is 0 Å². The number of methoxy groups -OCH3 is 2. The number of tetrazole rings is 1. The van der Waals surface area contributed by atoms with Gasteiger partial charge >= 0.3 is 5.97 Å². The fraction of sp³-hybridized carbons (Fsp3) is 0.200. The molecular weight excluding hydrogens is 332 g/mol. The molecule has 3 aromatic rings. The van der Waals surface area contributed by atoms with E-state index in [2.05, 4.69) is 15.5 Å². The first-order valence-electron chi connectivity index (χ1n) is 6.94. The largest absolute Gasteiger partial charge is 0.494 e. The van der Waals surface area contributed by atoms with Crippen LogP contribution in [0.3, 0.4) is 0 Å². The lowest BCUT2D eigenvalue weighted by atomic mass is 10.3. The van der Waals surface area contributed by atoms with E-state index in [9.17, 15) is 4.79 Å². The highest BCUT2D eigenvalue weighted by molar-refractivity contribution is 7.98. The Hall–Kier alpha value is -2.81. The van der Waals surface area contributed by atoms with Crippen LogP contribution in [0, 0.1) is 0 Å². The SMILES string of the molecule is COC(=O)c1occc1CSc1nnnn1-c1ccccc1OC. The molecule has 0 aliphatic heterocycles. The van der Waals surface area contributed by atoms with Crippen LogP contribution in [0.2, 0.25) is 0 Å². The number of aromatic nitrogens is 4. The fourth-order valence-electron chi connectivity index (χ4n) is 2.09. The second-order valence-corrected chi connectivity index (χ2v) is 5.54. The van der Waals surface area contributed by atoms with E-state index >= 15 is 0 Å². The van der Waals surface area contributed by atoms with Crippen molar-refractivity contribution in [3.05, 3.63) is 47.9 Å². The Morgan fingerprint density at radius 1 is 1.29 bits per heavy atom. The van der Waals surface area contributed by atoms with E-state index in [1.54, 1.807) is 17.9 Å². The molecule has 1 aromatic carbocycles. The minimum absolute atomic E-state index is 0.182. The topological polar surface area (TPSA) is 92.3 Å². The lowest BCUT2D eigenvalue weighted by Gasteiger charge is -2.08. The molecule has 124 valence electrons. The number of thioether (sulfide) groups is 1. The number of esters is 1. The van der Waals surface area contributed by atoms with Crippen LogP contribution in [0.25, 0.3) is 5.69 Å². The second kappa shape index (κ2) is 7.18. The van der Waals surface area contributed by atoms with Gasteiger partial charge in [0.05, 0.1) is 20.5 Å². The van der Waals surface area contributed by atoms with Gasteiger partial charge in [-0.2, -0.15) is 4.68 Å². The summed E-state index contributed by atoms with van der Waals surface area (Å²) in [5.41, 5.74) is 1.44. The molecular formula is C15H14N4O4S. The zero-order valence-corrected chi connectivity index (χ0v) is 13.8. The van der Waals surface area contributed by atoms with Crippen LogP contribution in [0.15, 0.2) is 46.2 Å². The monoisotopic (exact) mass is 346 g/mol. The number of carbonyl (C=O) groups is 1. The van der Waals surface area contributed by atoms with E-state index in [1.807, 2.05) is 24.3 Å². The summed E-state index contributed by atoms with van der Waals surface area (Å²) in [6.07, 6.45) is 1.45. The molecule has 0 atom stereocenters. The number of carbonyl (C=O) groups excluding carboxylic acids is 1. The Bertz CT molecular complexity index is 845. The molecule has 0 aliphatic rings. The molecule has 0 amide bonds. The number of para-hydroxylation sites is 2. The van der Waals surface area contributed by atoms with E-state index in [0.29, 0.717) is 22.2 Å². The van der Waals surface area contributed by atoms with Crippen molar-refractivity contribution in [2.24, 2.45) is 0 Å². The van der Waals surface area contributed by atoms with Crippen molar-refractivity contribution >= 4 is 17.7 Å². The van der Waals surface area contributed by atoms with Crippen molar-refractivity contribution in [1.82, 2.24) is 20.2 Å². The lowest BCUT2D eigenvalue weighted by Crippen LogP contribution is -2.03. The first kappa shape index (κ1) is 16.1. The molecule has 0 unspecified atom stereocenters. The van der Waals surface area contributed by atoms with Gasteiger partial charge in [0.15, 0.2) is 0 Å². The average molecular weight is 346 g/mol. The third-order valence-electron chi connectivity index (χ3n) is 3.23. The molecule has 0 spiro atoms. The number of rotatable bonds is 6. The molecule has 0 radical (unpaired) electrons. The Balaban J connectivity index is 1.82. The van der Waals surface area contributed by atoms with Gasteiger partial charge < -0.3 is 13.9 Å². The van der Waals surface area contributed by atoms with Crippen molar-refractivity contribution in [3.63, 3.8) is 0 Å². The van der Waals surface area contributed by atoms with Crippen LogP contribution in [0.5, 0.6) is 5.75 Å². The Kier molecular flexibility index (Phi) is 4.80. The molecule has 0 fully saturated rings. The van der Waals surface area contributed by atoms with E-state index in [4.69, 9.17) is 13.9 Å². The van der Waals surface area contributed by atoms with Crippen LogP contribution in [0.1, 0.15) is 16.1 Å². The Morgan fingerprint density at radius 3 is 2.92 bits per heavy atom. The van der Waals surface area contributed by atoms with Crippen LogP contribution < -0.4 is 4.74 Å². The molecule has 0 saturated heterocycles. The van der Waals surface area contributed by atoms with Gasteiger partial charge in [-0.1, -0.05) is 23.9 Å². The molecule has 9 heteroatoms. The molecule has 0 aliphatic carbocycles. The van der Waals surface area contributed by atoms with Crippen LogP contribution in [-0.2, 0) is 10.5 Å². The van der Waals surface area contributed by atoms with Crippen LogP contribution >= 0.6 is 11.8 Å². The maximum atomic E-state index is 11.6. The number of furan rings is 1. The summed E-state index contributed by atoms with van der Waals surface area (Å²) in [4.78, 5) is 11.6. The summed E-state index contributed by atoms with van der Waals surface area (Å²) in [6, 6.07) is 9.15. The minimum atomic E-state index is -0.514. The predicted molar refractivity (Wildman–Crippen MR) is 85.3 cm³/mol. The first-order chi connectivity index (χ1) is 11.7. The normalized spacial score (nSPS) is 10.6. The van der Waals surface area contributed by atoms with Crippen LogP contribution in [0.4, 0.5) is 0 Å². The molecule has 3 rings (SSSR count). The standard InChI is InChI=1S/C15H14N4O4S/c1-21-12-6-4-3-5-11(12)19-15(16-17-18-19)24-9-10-7-8-23-13(10)14(20)22-2/h3-8H,9H2,1-2H3. The van der Waals surface area contributed by atoms with Gasteiger partial charge in [0.2, 0.25) is 10.9 Å². The van der Waals surface area contributed by atoms with Gasteiger partial charge in [-0.05, 0) is 28.6 Å². The highest BCUT2D eigenvalue weighted by Crippen LogP contribution is 2.28. The highest BCUT2D eigenvalue weighted by atomic mass is 32.2. The molecule has 24 heavy (non-hydrogen) atoms. The lowest BCUT2D eigenvalue weighted by molar-refractivity contribution is 0.0564. The number of hydrogen-bond acceptors (Lipinski definition) is 8. The van der Waals surface area contributed by atoms with Gasteiger partial charge in [0.25, 0.3) is 0 Å². The summed E-state index contributed by atoms with van der Waals surface area (Å²) in [5.74, 6) is 0.780. The zero-order chi connectivity index (χ0) is 16.9. The van der Waals surface area contributed by atoms with Crippen molar-refractivity contribution in [3.8, 4) is 11.4 Å². The summed E-state index contributed by atoms with van der Waals surface area (Å²) in [5, 5.41) is 12.3. The van der Waals surface area contributed by atoms with Gasteiger partial charge in [0, 0.05) is 11.3 Å². The fourth-order valence-corrected chi connectivity index (χ4v) is 2.95. The van der Waals surface area contributed by atoms with E-state index in [0.717, 1.165) is 5.69 Å². The quantitative estimate of drug-likeness (QED) is 0.496. The smallest absolute Gasteiger partial charge is 0.374 e. The van der Waals surface area contributed by atoms with E-state index in [-0.39, 0.29) is 5.76 Å². The second-order valence-electron chi connectivity index (χ2n) is 4.60. The molecule has 0 bridgehead atoms. The Morgan fingerprint density at radius 2 is 2.12 bits per heavy atom. The molecule has 0 N–H and O–H groups in total. The number of ether oxygens (including phenoxy) is 2. The molecule has 2 heterocycles. The molecule has 2 aromatic heterocycles. The van der Waals surface area contributed by atoms with Crippen molar-refractivity contribution < 1.29 is 18.7 Å². The summed E-state index contributed by atoms with van der Waals surface area (Å²) in [7, 11) is 2.90. The van der Waals surface area contributed by atoms with Crippen LogP contribution in [-0.4, -0.2) is 40.4 Å². The van der Waals surface area contributed by atoms with E-state index in [1.165, 1.54) is 25.1 Å². The maximum absolute atomic E-state index is 11.6.